The van der Waals surface area contributed by atoms with Crippen LogP contribution >= 0.6 is 0 Å². The third-order valence-corrected chi connectivity index (χ3v) is 4.26. The molecule has 0 saturated carbocycles. The maximum atomic E-state index is 6.08. The van der Waals surface area contributed by atoms with Crippen LogP contribution in [0.2, 0.25) is 0 Å². The second kappa shape index (κ2) is 6.39. The van der Waals surface area contributed by atoms with E-state index in [1.54, 1.807) is 0 Å². The van der Waals surface area contributed by atoms with E-state index in [0.29, 0.717) is 6.61 Å². The van der Waals surface area contributed by atoms with E-state index in [9.17, 15) is 0 Å². The van der Waals surface area contributed by atoms with Crippen LogP contribution in [0.5, 0.6) is 5.75 Å². The SMILES string of the molecule is Cc1ccccc1COc1ccc(C(C)(C)C)c(C(C)(C)C)c1. The zero-order valence-corrected chi connectivity index (χ0v) is 15.7. The average molecular weight is 310 g/mol. The Morgan fingerprint density at radius 3 is 1.96 bits per heavy atom. The summed E-state index contributed by atoms with van der Waals surface area (Å²) in [5.41, 5.74) is 5.52. The minimum atomic E-state index is 0.102. The predicted molar refractivity (Wildman–Crippen MR) is 99.4 cm³/mol. The van der Waals surface area contributed by atoms with Crippen LogP contribution in [0, 0.1) is 6.92 Å². The van der Waals surface area contributed by atoms with Gasteiger partial charge in [0.25, 0.3) is 0 Å². The zero-order chi connectivity index (χ0) is 17.3. The van der Waals surface area contributed by atoms with E-state index in [4.69, 9.17) is 4.74 Å². The van der Waals surface area contributed by atoms with Crippen LogP contribution in [0.1, 0.15) is 63.8 Å². The standard InChI is InChI=1S/C22H30O/c1-16-10-8-9-11-17(16)15-23-18-12-13-19(21(2,3)4)20(14-18)22(5,6)7/h8-14H,15H2,1-7H3. The first-order valence-corrected chi connectivity index (χ1v) is 8.41. The maximum absolute atomic E-state index is 6.08. The van der Waals surface area contributed by atoms with E-state index in [1.165, 1.54) is 22.3 Å². The molecule has 0 saturated heterocycles. The highest BCUT2D eigenvalue weighted by Gasteiger charge is 2.25. The first kappa shape index (κ1) is 17.6. The van der Waals surface area contributed by atoms with Crippen LogP contribution in [-0.2, 0) is 17.4 Å². The summed E-state index contributed by atoms with van der Waals surface area (Å²) in [6.45, 7) is 16.4. The zero-order valence-electron chi connectivity index (χ0n) is 15.7. The van der Waals surface area contributed by atoms with Crippen molar-refractivity contribution in [3.8, 4) is 5.75 Å². The maximum Gasteiger partial charge on any atom is 0.120 e. The quantitative estimate of drug-likeness (QED) is 0.658. The van der Waals surface area contributed by atoms with Crippen LogP contribution in [-0.4, -0.2) is 0 Å². The summed E-state index contributed by atoms with van der Waals surface area (Å²) in [6, 6.07) is 14.9. The van der Waals surface area contributed by atoms with Gasteiger partial charge < -0.3 is 4.74 Å². The van der Waals surface area contributed by atoms with Gasteiger partial charge in [-0.1, -0.05) is 71.9 Å². The molecule has 0 fully saturated rings. The number of ether oxygens (including phenoxy) is 1. The topological polar surface area (TPSA) is 9.23 Å². The Hall–Kier alpha value is -1.76. The molecule has 0 aliphatic heterocycles. The third kappa shape index (κ3) is 4.37. The summed E-state index contributed by atoms with van der Waals surface area (Å²) >= 11 is 0. The molecule has 0 aromatic heterocycles. The Morgan fingerprint density at radius 1 is 0.783 bits per heavy atom. The summed E-state index contributed by atoms with van der Waals surface area (Å²) in [4.78, 5) is 0. The Bertz CT molecular complexity index is 669. The van der Waals surface area contributed by atoms with Gasteiger partial charge in [-0.3, -0.25) is 0 Å². The van der Waals surface area contributed by atoms with Gasteiger partial charge in [-0.2, -0.15) is 0 Å². The van der Waals surface area contributed by atoms with Crippen molar-refractivity contribution in [2.45, 2.75) is 65.9 Å². The normalized spacial score (nSPS) is 12.3. The molecule has 1 nitrogen and oxygen atoms in total. The monoisotopic (exact) mass is 310 g/mol. The van der Waals surface area contributed by atoms with Gasteiger partial charge in [-0.05, 0) is 52.1 Å². The second-order valence-electron chi connectivity index (χ2n) is 8.42. The van der Waals surface area contributed by atoms with Crippen LogP contribution in [0.25, 0.3) is 0 Å². The van der Waals surface area contributed by atoms with E-state index in [2.05, 4.69) is 90.9 Å². The molecule has 124 valence electrons. The minimum absolute atomic E-state index is 0.102. The molecule has 0 heterocycles. The third-order valence-electron chi connectivity index (χ3n) is 4.26. The van der Waals surface area contributed by atoms with Crippen molar-refractivity contribution < 1.29 is 4.74 Å². The molecule has 0 aliphatic carbocycles. The highest BCUT2D eigenvalue weighted by Crippen LogP contribution is 2.36. The number of rotatable bonds is 3. The lowest BCUT2D eigenvalue weighted by molar-refractivity contribution is 0.304. The summed E-state index contributed by atoms with van der Waals surface area (Å²) in [6.07, 6.45) is 0. The molecule has 2 aromatic rings. The molecule has 0 aliphatic rings. The van der Waals surface area contributed by atoms with E-state index in [-0.39, 0.29) is 10.8 Å². The first-order valence-electron chi connectivity index (χ1n) is 8.41. The van der Waals surface area contributed by atoms with Gasteiger partial charge in [-0.15, -0.1) is 0 Å². The van der Waals surface area contributed by atoms with E-state index in [1.807, 2.05) is 0 Å². The predicted octanol–water partition coefficient (Wildman–Crippen LogP) is 6.17. The Labute approximate surface area is 141 Å². The van der Waals surface area contributed by atoms with Crippen LogP contribution in [0.15, 0.2) is 42.5 Å². The Kier molecular flexibility index (Phi) is 4.89. The van der Waals surface area contributed by atoms with Gasteiger partial charge in [-0.25, -0.2) is 0 Å². The summed E-state index contributed by atoms with van der Waals surface area (Å²) in [5, 5.41) is 0. The van der Waals surface area contributed by atoms with Gasteiger partial charge in [0.05, 0.1) is 0 Å². The fraction of sp³-hybridized carbons (Fsp3) is 0.455. The van der Waals surface area contributed by atoms with Crippen LogP contribution < -0.4 is 4.74 Å². The number of aryl methyl sites for hydroxylation is 1. The van der Waals surface area contributed by atoms with Crippen LogP contribution in [0.4, 0.5) is 0 Å². The van der Waals surface area contributed by atoms with E-state index < -0.39 is 0 Å². The molecule has 1 heteroatoms. The Morgan fingerprint density at radius 2 is 1.39 bits per heavy atom. The molecule has 0 N–H and O–H groups in total. The number of hydrogen-bond acceptors (Lipinski definition) is 1. The molecule has 0 amide bonds. The number of hydrogen-bond donors (Lipinski definition) is 0. The van der Waals surface area contributed by atoms with Gasteiger partial charge in [0.2, 0.25) is 0 Å². The second-order valence-corrected chi connectivity index (χ2v) is 8.42. The van der Waals surface area contributed by atoms with Gasteiger partial charge >= 0.3 is 0 Å². The molecule has 0 bridgehead atoms. The Balaban J connectivity index is 2.29. The molecule has 0 radical (unpaired) electrons. The largest absolute Gasteiger partial charge is 0.489 e. The van der Waals surface area contributed by atoms with Crippen LogP contribution in [0.3, 0.4) is 0 Å². The van der Waals surface area contributed by atoms with Gasteiger partial charge in [0.15, 0.2) is 0 Å². The molecule has 23 heavy (non-hydrogen) atoms. The van der Waals surface area contributed by atoms with Crippen molar-refractivity contribution >= 4 is 0 Å². The van der Waals surface area contributed by atoms with Crippen molar-refractivity contribution in [3.05, 3.63) is 64.7 Å². The highest BCUT2D eigenvalue weighted by molar-refractivity contribution is 5.43. The molecular weight excluding hydrogens is 280 g/mol. The summed E-state index contributed by atoms with van der Waals surface area (Å²) in [7, 11) is 0. The molecule has 2 rings (SSSR count). The lowest BCUT2D eigenvalue weighted by Gasteiger charge is -2.30. The van der Waals surface area contributed by atoms with Gasteiger partial charge in [0.1, 0.15) is 12.4 Å². The van der Waals surface area contributed by atoms with Crippen molar-refractivity contribution in [2.24, 2.45) is 0 Å². The van der Waals surface area contributed by atoms with E-state index in [0.717, 1.165) is 5.75 Å². The molecule has 0 spiro atoms. The van der Waals surface area contributed by atoms with Gasteiger partial charge in [0, 0.05) is 0 Å². The fourth-order valence-corrected chi connectivity index (χ4v) is 2.82. The average Bonchev–Trinajstić information content (AvgIpc) is 2.44. The molecule has 0 atom stereocenters. The van der Waals surface area contributed by atoms with Crippen molar-refractivity contribution in [3.63, 3.8) is 0 Å². The molecule has 2 aromatic carbocycles. The van der Waals surface area contributed by atoms with Crippen molar-refractivity contribution in [1.29, 1.82) is 0 Å². The molecule has 0 unspecified atom stereocenters. The van der Waals surface area contributed by atoms with Crippen molar-refractivity contribution in [1.82, 2.24) is 0 Å². The minimum Gasteiger partial charge on any atom is -0.489 e. The fourth-order valence-electron chi connectivity index (χ4n) is 2.82. The van der Waals surface area contributed by atoms with Crippen molar-refractivity contribution in [2.75, 3.05) is 0 Å². The summed E-state index contributed by atoms with van der Waals surface area (Å²) < 4.78 is 6.08. The first-order chi connectivity index (χ1) is 10.6. The highest BCUT2D eigenvalue weighted by atomic mass is 16.5. The molecular formula is C22H30O. The smallest absolute Gasteiger partial charge is 0.120 e. The van der Waals surface area contributed by atoms with E-state index >= 15 is 0 Å². The summed E-state index contributed by atoms with van der Waals surface area (Å²) in [5.74, 6) is 0.950. The lowest BCUT2D eigenvalue weighted by atomic mass is 9.75. The number of benzene rings is 2. The lowest BCUT2D eigenvalue weighted by Crippen LogP contribution is -2.22.